The first kappa shape index (κ1) is 21.3. The Kier molecular flexibility index (Phi) is 7.47. The molecule has 0 unspecified atom stereocenters. The van der Waals surface area contributed by atoms with Crippen molar-refractivity contribution >= 4 is 5.82 Å². The minimum Gasteiger partial charge on any atom is -0.379 e. The molecule has 0 bridgehead atoms. The van der Waals surface area contributed by atoms with Gasteiger partial charge < -0.3 is 14.6 Å². The van der Waals surface area contributed by atoms with Crippen LogP contribution in [0.5, 0.6) is 0 Å². The Morgan fingerprint density at radius 2 is 1.61 bits per heavy atom. The van der Waals surface area contributed by atoms with Crippen molar-refractivity contribution in [3.05, 3.63) is 94.0 Å². The van der Waals surface area contributed by atoms with Crippen molar-refractivity contribution in [1.82, 2.24) is 14.5 Å². The maximum atomic E-state index is 12.7. The Balaban J connectivity index is 1.29. The molecule has 3 aromatic rings. The molecule has 0 saturated carbocycles. The topological polar surface area (TPSA) is 59.4 Å². The van der Waals surface area contributed by atoms with Crippen LogP contribution in [0.3, 0.4) is 0 Å². The number of rotatable bonds is 9. The average molecular weight is 419 g/mol. The van der Waals surface area contributed by atoms with Gasteiger partial charge in [-0.25, -0.2) is 4.98 Å². The molecule has 0 atom stereocenters. The number of morpholine rings is 1. The third kappa shape index (κ3) is 6.26. The molecule has 0 spiro atoms. The van der Waals surface area contributed by atoms with Crippen molar-refractivity contribution in [3.8, 4) is 0 Å². The molecule has 31 heavy (non-hydrogen) atoms. The van der Waals surface area contributed by atoms with Gasteiger partial charge in [-0.15, -0.1) is 0 Å². The van der Waals surface area contributed by atoms with Crippen LogP contribution in [0.2, 0.25) is 0 Å². The highest BCUT2D eigenvalue weighted by Gasteiger charge is 2.10. The quantitative estimate of drug-likeness (QED) is 0.579. The fourth-order valence-electron chi connectivity index (χ4n) is 3.79. The summed E-state index contributed by atoms with van der Waals surface area (Å²) in [6.07, 6.45) is 5.12. The van der Waals surface area contributed by atoms with Crippen molar-refractivity contribution in [2.24, 2.45) is 0 Å². The number of hydrogen-bond donors (Lipinski definition) is 1. The molecule has 1 fully saturated rings. The normalized spacial score (nSPS) is 14.5. The monoisotopic (exact) mass is 418 g/mol. The second-order valence-electron chi connectivity index (χ2n) is 7.89. The molecule has 0 amide bonds. The van der Waals surface area contributed by atoms with Crippen LogP contribution in [0.25, 0.3) is 0 Å². The van der Waals surface area contributed by atoms with Crippen LogP contribution in [-0.4, -0.2) is 47.3 Å². The molecule has 162 valence electrons. The number of aryl methyl sites for hydroxylation is 2. The predicted octanol–water partition coefficient (Wildman–Crippen LogP) is 2.97. The molecular formula is C25H30N4O2. The highest BCUT2D eigenvalue weighted by Crippen LogP contribution is 2.10. The molecule has 6 heteroatoms. The Hall–Kier alpha value is -2.96. The number of benzene rings is 2. The smallest absolute Gasteiger partial charge is 0.293 e. The Morgan fingerprint density at radius 1 is 0.903 bits per heavy atom. The summed E-state index contributed by atoms with van der Waals surface area (Å²) in [4.78, 5) is 19.4. The van der Waals surface area contributed by atoms with E-state index in [2.05, 4.69) is 51.6 Å². The van der Waals surface area contributed by atoms with Gasteiger partial charge in [0.1, 0.15) is 0 Å². The number of aromatic nitrogens is 2. The van der Waals surface area contributed by atoms with Gasteiger partial charge in [-0.3, -0.25) is 9.69 Å². The first-order valence-electron chi connectivity index (χ1n) is 11.0. The zero-order chi connectivity index (χ0) is 21.3. The first-order valence-corrected chi connectivity index (χ1v) is 11.0. The zero-order valence-corrected chi connectivity index (χ0v) is 17.9. The van der Waals surface area contributed by atoms with Crippen LogP contribution in [-0.2, 0) is 30.7 Å². The molecular weight excluding hydrogens is 388 g/mol. The van der Waals surface area contributed by atoms with E-state index in [1.165, 1.54) is 16.7 Å². The summed E-state index contributed by atoms with van der Waals surface area (Å²) >= 11 is 0. The van der Waals surface area contributed by atoms with E-state index in [1.807, 2.05) is 18.2 Å². The first-order chi connectivity index (χ1) is 15.3. The van der Waals surface area contributed by atoms with E-state index in [0.717, 1.165) is 45.7 Å². The standard InChI is InChI=1S/C25H30N4O2/c30-25-24(26-12-10-21-4-2-1-3-5-21)27-13-15-29(25)14-11-22-6-8-23(9-7-22)20-28-16-18-31-19-17-28/h1-9,13,15H,10-12,14,16-20H2,(H,26,27). The van der Waals surface area contributed by atoms with Crippen molar-refractivity contribution in [2.45, 2.75) is 25.9 Å². The lowest BCUT2D eigenvalue weighted by molar-refractivity contribution is 0.0342. The van der Waals surface area contributed by atoms with Crippen LogP contribution in [0.1, 0.15) is 16.7 Å². The van der Waals surface area contributed by atoms with Gasteiger partial charge in [-0.1, -0.05) is 54.6 Å². The molecule has 1 aliphatic rings. The fraction of sp³-hybridized carbons (Fsp3) is 0.360. The second-order valence-corrected chi connectivity index (χ2v) is 7.89. The molecule has 0 aliphatic carbocycles. The minimum atomic E-state index is -0.0699. The van der Waals surface area contributed by atoms with Gasteiger partial charge in [-0.2, -0.15) is 0 Å². The lowest BCUT2D eigenvalue weighted by Crippen LogP contribution is -2.35. The van der Waals surface area contributed by atoms with E-state index >= 15 is 0 Å². The molecule has 6 nitrogen and oxygen atoms in total. The van der Waals surface area contributed by atoms with Crippen molar-refractivity contribution in [3.63, 3.8) is 0 Å². The molecule has 0 radical (unpaired) electrons. The van der Waals surface area contributed by atoms with Crippen molar-refractivity contribution < 1.29 is 4.74 Å². The lowest BCUT2D eigenvalue weighted by Gasteiger charge is -2.26. The molecule has 1 aromatic heterocycles. The van der Waals surface area contributed by atoms with Gasteiger partial charge in [0, 0.05) is 45.1 Å². The Bertz CT molecular complexity index is 996. The van der Waals surface area contributed by atoms with Gasteiger partial charge in [0.15, 0.2) is 5.82 Å². The summed E-state index contributed by atoms with van der Waals surface area (Å²) in [5.74, 6) is 0.416. The van der Waals surface area contributed by atoms with E-state index < -0.39 is 0 Å². The summed E-state index contributed by atoms with van der Waals surface area (Å²) in [5, 5.41) is 3.19. The van der Waals surface area contributed by atoms with E-state index in [4.69, 9.17) is 4.74 Å². The maximum absolute atomic E-state index is 12.7. The van der Waals surface area contributed by atoms with E-state index in [1.54, 1.807) is 17.0 Å². The van der Waals surface area contributed by atoms with Crippen LogP contribution >= 0.6 is 0 Å². The Morgan fingerprint density at radius 3 is 2.39 bits per heavy atom. The van der Waals surface area contributed by atoms with Crippen LogP contribution in [0.15, 0.2) is 71.8 Å². The van der Waals surface area contributed by atoms with Gasteiger partial charge in [-0.05, 0) is 29.5 Å². The number of hydrogen-bond acceptors (Lipinski definition) is 5. The van der Waals surface area contributed by atoms with Gasteiger partial charge in [0.25, 0.3) is 5.56 Å². The van der Waals surface area contributed by atoms with Crippen LogP contribution in [0, 0.1) is 0 Å². The maximum Gasteiger partial charge on any atom is 0.293 e. The van der Waals surface area contributed by atoms with Gasteiger partial charge in [0.05, 0.1) is 13.2 Å². The highest BCUT2D eigenvalue weighted by atomic mass is 16.5. The van der Waals surface area contributed by atoms with Crippen molar-refractivity contribution in [2.75, 3.05) is 38.2 Å². The number of nitrogens with zero attached hydrogens (tertiary/aromatic N) is 3. The number of anilines is 1. The molecule has 1 N–H and O–H groups in total. The van der Waals surface area contributed by atoms with Crippen LogP contribution in [0.4, 0.5) is 5.82 Å². The van der Waals surface area contributed by atoms with E-state index in [0.29, 0.717) is 18.9 Å². The molecule has 2 aromatic carbocycles. The zero-order valence-electron chi connectivity index (χ0n) is 17.9. The third-order valence-electron chi connectivity index (χ3n) is 5.64. The molecule has 1 aliphatic heterocycles. The van der Waals surface area contributed by atoms with Gasteiger partial charge >= 0.3 is 0 Å². The summed E-state index contributed by atoms with van der Waals surface area (Å²) in [6, 6.07) is 19.0. The SMILES string of the molecule is O=c1c(NCCc2ccccc2)nccn1CCc1ccc(CN2CCOCC2)cc1. The van der Waals surface area contributed by atoms with E-state index in [9.17, 15) is 4.79 Å². The predicted molar refractivity (Wildman–Crippen MR) is 123 cm³/mol. The number of nitrogens with one attached hydrogen (secondary N) is 1. The lowest BCUT2D eigenvalue weighted by atomic mass is 10.1. The fourth-order valence-corrected chi connectivity index (χ4v) is 3.79. The van der Waals surface area contributed by atoms with E-state index in [-0.39, 0.29) is 5.56 Å². The summed E-state index contributed by atoms with van der Waals surface area (Å²) in [6.45, 7) is 5.91. The summed E-state index contributed by atoms with van der Waals surface area (Å²) in [5.41, 5.74) is 3.72. The highest BCUT2D eigenvalue weighted by molar-refractivity contribution is 5.31. The summed E-state index contributed by atoms with van der Waals surface area (Å²) < 4.78 is 7.15. The number of ether oxygens (including phenoxy) is 1. The third-order valence-corrected chi connectivity index (χ3v) is 5.64. The largest absolute Gasteiger partial charge is 0.379 e. The van der Waals surface area contributed by atoms with Crippen LogP contribution < -0.4 is 10.9 Å². The molecule has 1 saturated heterocycles. The summed E-state index contributed by atoms with van der Waals surface area (Å²) in [7, 11) is 0. The minimum absolute atomic E-state index is 0.0699. The van der Waals surface area contributed by atoms with Crippen molar-refractivity contribution in [1.29, 1.82) is 0 Å². The van der Waals surface area contributed by atoms with Gasteiger partial charge in [0.2, 0.25) is 0 Å². The Labute approximate surface area is 183 Å². The molecule has 2 heterocycles. The molecule has 4 rings (SSSR count). The average Bonchev–Trinajstić information content (AvgIpc) is 2.82. The second kappa shape index (κ2) is 10.9.